The molecular weight excluding hydrogens is 316 g/mol. The summed E-state index contributed by atoms with van der Waals surface area (Å²) in [6.07, 6.45) is 0. The van der Waals surface area contributed by atoms with E-state index in [0.717, 1.165) is 10.0 Å². The van der Waals surface area contributed by atoms with E-state index in [1.165, 1.54) is 20.9 Å². The molecule has 0 N–H and O–H groups in total. The summed E-state index contributed by atoms with van der Waals surface area (Å²) >= 11 is 11.9. The summed E-state index contributed by atoms with van der Waals surface area (Å²) in [4.78, 5) is 2.63. The van der Waals surface area contributed by atoms with Crippen molar-refractivity contribution in [1.82, 2.24) is 0 Å². The number of benzene rings is 1. The van der Waals surface area contributed by atoms with Gasteiger partial charge >= 0.3 is 0 Å². The van der Waals surface area contributed by atoms with Crippen molar-refractivity contribution in [1.29, 1.82) is 0 Å². The van der Waals surface area contributed by atoms with Gasteiger partial charge in [0.15, 0.2) is 0 Å². The topological polar surface area (TPSA) is 0 Å². The van der Waals surface area contributed by atoms with E-state index >= 15 is 0 Å². The van der Waals surface area contributed by atoms with E-state index in [1.807, 2.05) is 0 Å². The number of hydrogen-bond acceptors (Lipinski definition) is 1. The summed E-state index contributed by atoms with van der Waals surface area (Å²) in [6, 6.07) is 8.49. The molecule has 0 saturated carbocycles. The van der Waals surface area contributed by atoms with Crippen molar-refractivity contribution in [3.63, 3.8) is 0 Å². The van der Waals surface area contributed by atoms with Gasteiger partial charge in [0.25, 0.3) is 0 Å². The zero-order chi connectivity index (χ0) is 12.6. The van der Waals surface area contributed by atoms with Crippen molar-refractivity contribution >= 4 is 38.9 Å². The lowest BCUT2D eigenvalue weighted by atomic mass is 10.0. The lowest BCUT2D eigenvalue weighted by Crippen LogP contribution is -1.94. The number of rotatable bonds is 2. The maximum Gasteiger partial charge on any atom is 0.0846 e. The van der Waals surface area contributed by atoms with Gasteiger partial charge < -0.3 is 0 Å². The third-order valence-electron chi connectivity index (χ3n) is 2.83. The maximum absolute atomic E-state index is 6.57. The first-order chi connectivity index (χ1) is 7.99. The molecular formula is C14H14BrClS. The summed E-state index contributed by atoms with van der Waals surface area (Å²) in [5.41, 5.74) is 3.61. The highest BCUT2D eigenvalue weighted by atomic mass is 79.9. The Morgan fingerprint density at radius 1 is 1.18 bits per heavy atom. The summed E-state index contributed by atoms with van der Waals surface area (Å²) in [6.45, 7) is 6.34. The van der Waals surface area contributed by atoms with Crippen LogP contribution in [0.4, 0.5) is 0 Å². The molecule has 0 radical (unpaired) electrons. The average molecular weight is 330 g/mol. The van der Waals surface area contributed by atoms with Crippen LogP contribution in [-0.2, 0) is 0 Å². The first kappa shape index (κ1) is 13.1. The SMILES string of the molecule is Cc1cc(C(Cl)c2ccc(Br)c(C)c2)c(C)s1. The smallest absolute Gasteiger partial charge is 0.0846 e. The van der Waals surface area contributed by atoms with Gasteiger partial charge in [0, 0.05) is 14.2 Å². The van der Waals surface area contributed by atoms with Gasteiger partial charge in [-0.25, -0.2) is 0 Å². The first-order valence-electron chi connectivity index (χ1n) is 5.46. The van der Waals surface area contributed by atoms with Crippen molar-refractivity contribution in [2.24, 2.45) is 0 Å². The molecule has 0 fully saturated rings. The van der Waals surface area contributed by atoms with Gasteiger partial charge in [-0.15, -0.1) is 22.9 Å². The van der Waals surface area contributed by atoms with Crippen LogP contribution in [0.15, 0.2) is 28.7 Å². The van der Waals surface area contributed by atoms with Crippen molar-refractivity contribution in [2.75, 3.05) is 0 Å². The minimum absolute atomic E-state index is 0.0493. The van der Waals surface area contributed by atoms with Crippen LogP contribution in [0.25, 0.3) is 0 Å². The maximum atomic E-state index is 6.57. The zero-order valence-electron chi connectivity index (χ0n) is 10.1. The van der Waals surface area contributed by atoms with E-state index in [4.69, 9.17) is 11.6 Å². The monoisotopic (exact) mass is 328 g/mol. The van der Waals surface area contributed by atoms with Gasteiger partial charge in [0.05, 0.1) is 5.38 Å². The molecule has 2 rings (SSSR count). The van der Waals surface area contributed by atoms with Crippen LogP contribution in [0.5, 0.6) is 0 Å². The van der Waals surface area contributed by atoms with Crippen molar-refractivity contribution in [2.45, 2.75) is 26.1 Å². The van der Waals surface area contributed by atoms with Crippen molar-refractivity contribution in [3.8, 4) is 0 Å². The Hall–Kier alpha value is -0.310. The normalized spacial score (nSPS) is 12.8. The minimum atomic E-state index is -0.0493. The number of aryl methyl sites for hydroxylation is 3. The van der Waals surface area contributed by atoms with Crippen LogP contribution in [0, 0.1) is 20.8 Å². The molecule has 0 saturated heterocycles. The first-order valence-corrected chi connectivity index (χ1v) is 7.50. The Balaban J connectivity index is 2.40. The van der Waals surface area contributed by atoms with Crippen molar-refractivity contribution < 1.29 is 0 Å². The second kappa shape index (κ2) is 5.13. The molecule has 3 heteroatoms. The van der Waals surface area contributed by atoms with Gasteiger partial charge in [-0.2, -0.15) is 0 Å². The van der Waals surface area contributed by atoms with E-state index in [-0.39, 0.29) is 5.38 Å². The highest BCUT2D eigenvalue weighted by Gasteiger charge is 2.15. The molecule has 90 valence electrons. The van der Waals surface area contributed by atoms with Gasteiger partial charge in [0.1, 0.15) is 0 Å². The molecule has 1 aromatic carbocycles. The van der Waals surface area contributed by atoms with Crippen LogP contribution in [0.3, 0.4) is 0 Å². The molecule has 0 bridgehead atoms. The fourth-order valence-corrected chi connectivity index (χ4v) is 3.54. The van der Waals surface area contributed by atoms with Crippen LogP contribution < -0.4 is 0 Å². The summed E-state index contributed by atoms with van der Waals surface area (Å²) < 4.78 is 1.13. The second-order valence-electron chi connectivity index (χ2n) is 4.24. The Bertz CT molecular complexity index is 545. The second-order valence-corrected chi connectivity index (χ2v) is 6.99. The quantitative estimate of drug-likeness (QED) is 0.614. The Morgan fingerprint density at radius 2 is 1.88 bits per heavy atom. The van der Waals surface area contributed by atoms with E-state index in [0.29, 0.717) is 0 Å². The summed E-state index contributed by atoms with van der Waals surface area (Å²) in [5.74, 6) is 0. The molecule has 0 nitrogen and oxygen atoms in total. The minimum Gasteiger partial charge on any atom is -0.146 e. The van der Waals surface area contributed by atoms with E-state index in [2.05, 4.69) is 61.0 Å². The average Bonchev–Trinajstić information content (AvgIpc) is 2.61. The fourth-order valence-electron chi connectivity index (χ4n) is 1.91. The molecule has 0 amide bonds. The molecule has 0 spiro atoms. The molecule has 1 heterocycles. The molecule has 0 aliphatic carbocycles. The number of halogens is 2. The van der Waals surface area contributed by atoms with Crippen LogP contribution in [0.1, 0.15) is 31.8 Å². The molecule has 1 unspecified atom stereocenters. The molecule has 0 aliphatic rings. The molecule has 2 aromatic rings. The molecule has 0 aliphatic heterocycles. The van der Waals surface area contributed by atoms with E-state index in [9.17, 15) is 0 Å². The summed E-state index contributed by atoms with van der Waals surface area (Å²) in [5, 5.41) is -0.0493. The summed E-state index contributed by atoms with van der Waals surface area (Å²) in [7, 11) is 0. The van der Waals surface area contributed by atoms with E-state index < -0.39 is 0 Å². The van der Waals surface area contributed by atoms with Crippen LogP contribution in [0.2, 0.25) is 0 Å². The third-order valence-corrected chi connectivity index (χ3v) is 5.19. The molecule has 1 aromatic heterocycles. The zero-order valence-corrected chi connectivity index (χ0v) is 13.2. The van der Waals surface area contributed by atoms with Gasteiger partial charge in [-0.3, -0.25) is 0 Å². The van der Waals surface area contributed by atoms with Crippen LogP contribution >= 0.6 is 38.9 Å². The van der Waals surface area contributed by atoms with Gasteiger partial charge in [-0.1, -0.05) is 28.1 Å². The van der Waals surface area contributed by atoms with Crippen molar-refractivity contribution in [3.05, 3.63) is 55.2 Å². The highest BCUT2D eigenvalue weighted by Crippen LogP contribution is 2.36. The highest BCUT2D eigenvalue weighted by molar-refractivity contribution is 9.10. The predicted octanol–water partition coefficient (Wildman–Crippen LogP) is 5.76. The predicted molar refractivity (Wildman–Crippen MR) is 80.4 cm³/mol. The Labute approximate surface area is 120 Å². The molecule has 1 atom stereocenters. The Morgan fingerprint density at radius 3 is 2.41 bits per heavy atom. The number of hydrogen-bond donors (Lipinski definition) is 0. The van der Waals surface area contributed by atoms with Gasteiger partial charge in [-0.05, 0) is 49.6 Å². The lowest BCUT2D eigenvalue weighted by Gasteiger charge is -2.11. The molecule has 17 heavy (non-hydrogen) atoms. The fraction of sp³-hybridized carbons (Fsp3) is 0.286. The van der Waals surface area contributed by atoms with E-state index in [1.54, 1.807) is 11.3 Å². The number of thiophene rings is 1. The third kappa shape index (κ3) is 2.75. The standard InChI is InChI=1S/C14H14BrClS/c1-8-6-11(4-5-13(8)15)14(16)12-7-9(2)17-10(12)3/h4-7,14H,1-3H3. The Kier molecular flexibility index (Phi) is 3.96. The largest absolute Gasteiger partial charge is 0.146 e. The number of alkyl halides is 1. The van der Waals surface area contributed by atoms with Crippen LogP contribution in [-0.4, -0.2) is 0 Å². The lowest BCUT2D eigenvalue weighted by molar-refractivity contribution is 1.12. The van der Waals surface area contributed by atoms with Gasteiger partial charge in [0.2, 0.25) is 0 Å².